The van der Waals surface area contributed by atoms with Crippen LogP contribution < -0.4 is 5.32 Å². The fourth-order valence-electron chi connectivity index (χ4n) is 2.18. The monoisotopic (exact) mass is 345 g/mol. The summed E-state index contributed by atoms with van der Waals surface area (Å²) in [6.07, 6.45) is 1.62. The van der Waals surface area contributed by atoms with Crippen LogP contribution in [0.4, 0.5) is 5.82 Å². The van der Waals surface area contributed by atoms with Gasteiger partial charge in [0.25, 0.3) is 5.91 Å². The number of carbonyl (C=O) groups excluding carboxylic acids is 1. The number of rotatable bonds is 4. The number of benzene rings is 2. The first-order valence-corrected chi connectivity index (χ1v) is 7.72. The smallest absolute Gasteiger partial charge is 0.258 e. The summed E-state index contributed by atoms with van der Waals surface area (Å²) in [5.74, 6) is 0.298. The summed E-state index contributed by atoms with van der Waals surface area (Å²) in [5, 5.41) is 8.12. The van der Waals surface area contributed by atoms with Gasteiger partial charge in [-0.3, -0.25) is 4.79 Å². The van der Waals surface area contributed by atoms with E-state index in [1.165, 1.54) is 0 Å². The van der Waals surface area contributed by atoms with Gasteiger partial charge in [0.1, 0.15) is 5.82 Å². The Bertz CT molecular complexity index is 845. The lowest BCUT2D eigenvalue weighted by atomic mass is 10.2. The van der Waals surface area contributed by atoms with Crippen molar-refractivity contribution in [1.82, 2.24) is 9.78 Å². The SMILES string of the molecule is O=C(Nc1ccnn1Cc1ccccc1Cl)c1ccccc1Cl. The van der Waals surface area contributed by atoms with Gasteiger partial charge in [-0.15, -0.1) is 0 Å². The molecule has 1 heterocycles. The number of nitrogens with zero attached hydrogens (tertiary/aromatic N) is 2. The van der Waals surface area contributed by atoms with E-state index in [0.717, 1.165) is 5.56 Å². The molecule has 0 saturated carbocycles. The number of hydrogen-bond acceptors (Lipinski definition) is 2. The van der Waals surface area contributed by atoms with Crippen LogP contribution in [0.1, 0.15) is 15.9 Å². The molecule has 1 aromatic heterocycles. The lowest BCUT2D eigenvalue weighted by Gasteiger charge is -2.10. The fourth-order valence-corrected chi connectivity index (χ4v) is 2.60. The zero-order chi connectivity index (χ0) is 16.2. The van der Waals surface area contributed by atoms with E-state index in [-0.39, 0.29) is 5.91 Å². The normalized spacial score (nSPS) is 10.5. The van der Waals surface area contributed by atoms with Gasteiger partial charge in [-0.1, -0.05) is 53.5 Å². The maximum absolute atomic E-state index is 12.3. The van der Waals surface area contributed by atoms with Gasteiger partial charge in [0.15, 0.2) is 0 Å². The number of amides is 1. The molecule has 1 N–H and O–H groups in total. The van der Waals surface area contributed by atoms with E-state index in [2.05, 4.69) is 10.4 Å². The second-order valence-corrected chi connectivity index (χ2v) is 5.71. The van der Waals surface area contributed by atoms with Crippen LogP contribution in [-0.2, 0) is 6.54 Å². The van der Waals surface area contributed by atoms with Gasteiger partial charge < -0.3 is 5.32 Å². The van der Waals surface area contributed by atoms with E-state index in [0.29, 0.717) is 28.0 Å². The highest BCUT2D eigenvalue weighted by Crippen LogP contribution is 2.20. The molecule has 116 valence electrons. The predicted molar refractivity (Wildman–Crippen MR) is 92.2 cm³/mol. The minimum atomic E-state index is -0.281. The Morgan fingerprint density at radius 3 is 2.43 bits per heavy atom. The van der Waals surface area contributed by atoms with E-state index in [1.54, 1.807) is 41.2 Å². The van der Waals surface area contributed by atoms with Crippen molar-refractivity contribution in [2.45, 2.75) is 6.54 Å². The van der Waals surface area contributed by atoms with Gasteiger partial charge in [0.05, 0.1) is 23.3 Å². The highest BCUT2D eigenvalue weighted by Gasteiger charge is 2.13. The lowest BCUT2D eigenvalue weighted by Crippen LogP contribution is -2.16. The molecule has 0 radical (unpaired) electrons. The fraction of sp³-hybridized carbons (Fsp3) is 0.0588. The molecule has 0 saturated heterocycles. The summed E-state index contributed by atoms with van der Waals surface area (Å²) in [5.41, 5.74) is 1.34. The topological polar surface area (TPSA) is 46.9 Å². The molecular weight excluding hydrogens is 333 g/mol. The van der Waals surface area contributed by atoms with Crippen molar-refractivity contribution in [3.63, 3.8) is 0 Å². The standard InChI is InChI=1S/C17H13Cl2N3O/c18-14-7-3-1-5-12(14)11-22-16(9-10-20-22)21-17(23)13-6-2-4-8-15(13)19/h1-10H,11H2,(H,21,23). The summed E-state index contributed by atoms with van der Waals surface area (Å²) in [6, 6.07) is 16.1. The molecule has 2 aromatic carbocycles. The number of aromatic nitrogens is 2. The van der Waals surface area contributed by atoms with Crippen LogP contribution in [0.25, 0.3) is 0 Å². The molecule has 0 atom stereocenters. The average molecular weight is 346 g/mol. The van der Waals surface area contributed by atoms with Crippen molar-refractivity contribution in [2.75, 3.05) is 5.32 Å². The van der Waals surface area contributed by atoms with Crippen molar-refractivity contribution in [1.29, 1.82) is 0 Å². The number of hydrogen-bond donors (Lipinski definition) is 1. The molecule has 0 unspecified atom stereocenters. The van der Waals surface area contributed by atoms with Gasteiger partial charge in [-0.25, -0.2) is 4.68 Å². The Labute approximate surface area is 143 Å². The second-order valence-electron chi connectivity index (χ2n) is 4.90. The van der Waals surface area contributed by atoms with Crippen molar-refractivity contribution in [2.24, 2.45) is 0 Å². The Morgan fingerprint density at radius 2 is 1.70 bits per heavy atom. The highest BCUT2D eigenvalue weighted by atomic mass is 35.5. The maximum Gasteiger partial charge on any atom is 0.258 e. The highest BCUT2D eigenvalue weighted by molar-refractivity contribution is 6.34. The molecular formula is C17H13Cl2N3O. The van der Waals surface area contributed by atoms with E-state index in [4.69, 9.17) is 23.2 Å². The molecule has 3 rings (SSSR count). The summed E-state index contributed by atoms with van der Waals surface area (Å²) in [6.45, 7) is 0.463. The van der Waals surface area contributed by atoms with Gasteiger partial charge in [-0.05, 0) is 23.8 Å². The van der Waals surface area contributed by atoms with Crippen LogP contribution in [0, 0.1) is 0 Å². The van der Waals surface area contributed by atoms with Crippen molar-refractivity contribution in [3.05, 3.63) is 82.0 Å². The Kier molecular flexibility index (Phi) is 4.65. The third kappa shape index (κ3) is 3.55. The number of carbonyl (C=O) groups is 1. The number of nitrogens with one attached hydrogen (secondary N) is 1. The third-order valence-corrected chi connectivity index (χ3v) is 4.05. The van der Waals surface area contributed by atoms with Crippen LogP contribution in [0.5, 0.6) is 0 Å². The van der Waals surface area contributed by atoms with Crippen molar-refractivity contribution in [3.8, 4) is 0 Å². The van der Waals surface area contributed by atoms with E-state index >= 15 is 0 Å². The molecule has 4 nitrogen and oxygen atoms in total. The molecule has 0 fully saturated rings. The number of halogens is 2. The Hall–Kier alpha value is -2.30. The number of anilines is 1. The van der Waals surface area contributed by atoms with Crippen LogP contribution >= 0.6 is 23.2 Å². The van der Waals surface area contributed by atoms with E-state index in [1.807, 2.05) is 24.3 Å². The lowest BCUT2D eigenvalue weighted by molar-refractivity contribution is 0.102. The van der Waals surface area contributed by atoms with Crippen LogP contribution in [-0.4, -0.2) is 15.7 Å². The second kappa shape index (κ2) is 6.86. The van der Waals surface area contributed by atoms with E-state index < -0.39 is 0 Å². The predicted octanol–water partition coefficient (Wildman–Crippen LogP) is 4.49. The summed E-state index contributed by atoms with van der Waals surface area (Å²) in [4.78, 5) is 12.3. The zero-order valence-corrected chi connectivity index (χ0v) is 13.6. The van der Waals surface area contributed by atoms with Crippen LogP contribution in [0.15, 0.2) is 60.8 Å². The summed E-state index contributed by atoms with van der Waals surface area (Å²) < 4.78 is 1.68. The van der Waals surface area contributed by atoms with Gasteiger partial charge in [0, 0.05) is 11.1 Å². The molecule has 23 heavy (non-hydrogen) atoms. The van der Waals surface area contributed by atoms with Crippen molar-refractivity contribution >= 4 is 34.9 Å². The Balaban J connectivity index is 1.80. The summed E-state index contributed by atoms with van der Waals surface area (Å²) in [7, 11) is 0. The maximum atomic E-state index is 12.3. The molecule has 0 aliphatic heterocycles. The quantitative estimate of drug-likeness (QED) is 0.757. The minimum absolute atomic E-state index is 0.281. The summed E-state index contributed by atoms with van der Waals surface area (Å²) >= 11 is 12.2. The molecule has 0 aliphatic carbocycles. The molecule has 3 aromatic rings. The molecule has 0 bridgehead atoms. The Morgan fingerprint density at radius 1 is 1.00 bits per heavy atom. The van der Waals surface area contributed by atoms with E-state index in [9.17, 15) is 4.79 Å². The first-order chi connectivity index (χ1) is 11.1. The average Bonchev–Trinajstić information content (AvgIpc) is 2.97. The van der Waals surface area contributed by atoms with Crippen LogP contribution in [0.3, 0.4) is 0 Å². The minimum Gasteiger partial charge on any atom is -0.307 e. The van der Waals surface area contributed by atoms with Crippen molar-refractivity contribution < 1.29 is 4.79 Å². The van der Waals surface area contributed by atoms with Crippen LogP contribution in [0.2, 0.25) is 10.0 Å². The molecule has 0 aliphatic rings. The molecule has 1 amide bonds. The molecule has 6 heteroatoms. The first kappa shape index (κ1) is 15.6. The zero-order valence-electron chi connectivity index (χ0n) is 12.0. The molecule has 0 spiro atoms. The van der Waals surface area contributed by atoms with Gasteiger partial charge in [0.2, 0.25) is 0 Å². The van der Waals surface area contributed by atoms with Gasteiger partial charge >= 0.3 is 0 Å². The van der Waals surface area contributed by atoms with Gasteiger partial charge in [-0.2, -0.15) is 5.10 Å². The largest absolute Gasteiger partial charge is 0.307 e. The first-order valence-electron chi connectivity index (χ1n) is 6.96. The third-order valence-electron chi connectivity index (χ3n) is 3.35.